The SMILES string of the molecule is O=C(Nc1cccc(Cl)c1)c1nnc(C(=O)N2CCCC(C(=O)NCCN3CCCC3)C2)s1. The number of likely N-dealkylation sites (tertiary alicyclic amines) is 2. The molecule has 176 valence electrons. The van der Waals surface area contributed by atoms with Gasteiger partial charge < -0.3 is 20.4 Å². The Kier molecular flexibility index (Phi) is 7.89. The van der Waals surface area contributed by atoms with Crippen LogP contribution in [0.5, 0.6) is 0 Å². The molecule has 1 aromatic heterocycles. The second-order valence-electron chi connectivity index (χ2n) is 8.31. The molecule has 0 aliphatic carbocycles. The van der Waals surface area contributed by atoms with Crippen molar-refractivity contribution in [3.05, 3.63) is 39.3 Å². The molecule has 0 saturated carbocycles. The van der Waals surface area contributed by atoms with E-state index in [-0.39, 0.29) is 27.7 Å². The lowest BCUT2D eigenvalue weighted by molar-refractivity contribution is -0.126. The van der Waals surface area contributed by atoms with E-state index in [1.54, 1.807) is 29.2 Å². The molecule has 2 saturated heterocycles. The van der Waals surface area contributed by atoms with Crippen LogP contribution in [0.25, 0.3) is 0 Å². The van der Waals surface area contributed by atoms with E-state index in [0.717, 1.165) is 43.8 Å². The van der Waals surface area contributed by atoms with Crippen LogP contribution in [0.4, 0.5) is 5.69 Å². The number of amides is 3. The molecule has 3 amide bonds. The van der Waals surface area contributed by atoms with Crippen LogP contribution in [0.15, 0.2) is 24.3 Å². The molecule has 0 radical (unpaired) electrons. The molecule has 2 aliphatic rings. The summed E-state index contributed by atoms with van der Waals surface area (Å²) in [6.07, 6.45) is 3.95. The number of nitrogens with one attached hydrogen (secondary N) is 2. The van der Waals surface area contributed by atoms with Crippen molar-refractivity contribution in [1.29, 1.82) is 0 Å². The van der Waals surface area contributed by atoms with E-state index < -0.39 is 5.91 Å². The summed E-state index contributed by atoms with van der Waals surface area (Å²) in [6.45, 7) is 4.60. The van der Waals surface area contributed by atoms with E-state index in [1.165, 1.54) is 12.8 Å². The molecule has 2 fully saturated rings. The van der Waals surface area contributed by atoms with Gasteiger partial charge in [-0.05, 0) is 57.0 Å². The number of halogens is 1. The van der Waals surface area contributed by atoms with Gasteiger partial charge in [-0.3, -0.25) is 14.4 Å². The first-order valence-electron chi connectivity index (χ1n) is 11.2. The molecular formula is C22H27ClN6O3S. The number of nitrogens with zero attached hydrogens (tertiary/aromatic N) is 4. The molecule has 9 nitrogen and oxygen atoms in total. The molecule has 1 unspecified atom stereocenters. The zero-order valence-electron chi connectivity index (χ0n) is 18.3. The minimum atomic E-state index is -0.456. The Labute approximate surface area is 201 Å². The van der Waals surface area contributed by atoms with Gasteiger partial charge in [-0.1, -0.05) is 29.0 Å². The number of carbonyl (C=O) groups is 3. The van der Waals surface area contributed by atoms with E-state index in [9.17, 15) is 14.4 Å². The zero-order chi connectivity index (χ0) is 23.2. The first-order chi connectivity index (χ1) is 16.0. The quantitative estimate of drug-likeness (QED) is 0.617. The second kappa shape index (κ2) is 11.0. The molecule has 3 heterocycles. The fourth-order valence-corrected chi connectivity index (χ4v) is 5.05. The Hall–Kier alpha value is -2.56. The molecule has 2 aliphatic heterocycles. The molecule has 4 rings (SSSR count). The highest BCUT2D eigenvalue weighted by Gasteiger charge is 2.31. The number of carbonyl (C=O) groups excluding carboxylic acids is 3. The van der Waals surface area contributed by atoms with Crippen LogP contribution in [0.2, 0.25) is 5.02 Å². The van der Waals surface area contributed by atoms with Gasteiger partial charge >= 0.3 is 0 Å². The average Bonchev–Trinajstić information content (AvgIpc) is 3.51. The highest BCUT2D eigenvalue weighted by Crippen LogP contribution is 2.21. The fourth-order valence-electron chi connectivity index (χ4n) is 4.15. The Morgan fingerprint density at radius 3 is 2.67 bits per heavy atom. The lowest BCUT2D eigenvalue weighted by atomic mass is 9.97. The minimum absolute atomic E-state index is 0.00875. The summed E-state index contributed by atoms with van der Waals surface area (Å²) in [7, 11) is 0. The maximum atomic E-state index is 12.9. The van der Waals surface area contributed by atoms with Gasteiger partial charge in [0.1, 0.15) is 0 Å². The van der Waals surface area contributed by atoms with E-state index in [0.29, 0.717) is 30.3 Å². The Morgan fingerprint density at radius 1 is 1.09 bits per heavy atom. The second-order valence-corrected chi connectivity index (χ2v) is 9.72. The van der Waals surface area contributed by atoms with Gasteiger partial charge in [0.15, 0.2) is 0 Å². The molecule has 2 N–H and O–H groups in total. The van der Waals surface area contributed by atoms with Crippen molar-refractivity contribution in [2.45, 2.75) is 25.7 Å². The number of hydrogen-bond donors (Lipinski definition) is 2. The van der Waals surface area contributed by atoms with E-state index in [1.807, 2.05) is 0 Å². The van der Waals surface area contributed by atoms with Gasteiger partial charge in [0.2, 0.25) is 15.9 Å². The van der Waals surface area contributed by atoms with Crippen LogP contribution in [-0.2, 0) is 4.79 Å². The topological polar surface area (TPSA) is 108 Å². The highest BCUT2D eigenvalue weighted by molar-refractivity contribution is 7.15. The maximum Gasteiger partial charge on any atom is 0.286 e. The van der Waals surface area contributed by atoms with Gasteiger partial charge in [0, 0.05) is 36.9 Å². The van der Waals surface area contributed by atoms with Crippen molar-refractivity contribution in [1.82, 2.24) is 25.3 Å². The predicted octanol–water partition coefficient (Wildman–Crippen LogP) is 2.51. The van der Waals surface area contributed by atoms with Crippen molar-refractivity contribution in [3.8, 4) is 0 Å². The van der Waals surface area contributed by atoms with Crippen LogP contribution in [-0.4, -0.2) is 77.0 Å². The summed E-state index contributed by atoms with van der Waals surface area (Å²) in [5.74, 6) is -1.00. The summed E-state index contributed by atoms with van der Waals surface area (Å²) in [4.78, 5) is 42.0. The maximum absolute atomic E-state index is 12.9. The molecule has 0 bridgehead atoms. The van der Waals surface area contributed by atoms with Crippen molar-refractivity contribution in [2.24, 2.45) is 5.92 Å². The van der Waals surface area contributed by atoms with Crippen molar-refractivity contribution < 1.29 is 14.4 Å². The average molecular weight is 491 g/mol. The molecule has 33 heavy (non-hydrogen) atoms. The van der Waals surface area contributed by atoms with Crippen LogP contribution in [0, 0.1) is 5.92 Å². The first kappa shape index (κ1) is 23.6. The zero-order valence-corrected chi connectivity index (χ0v) is 19.8. The fraction of sp³-hybridized carbons (Fsp3) is 0.500. The summed E-state index contributed by atoms with van der Waals surface area (Å²) in [5, 5.41) is 14.2. The van der Waals surface area contributed by atoms with Gasteiger partial charge in [0.05, 0.1) is 5.92 Å². The third-order valence-electron chi connectivity index (χ3n) is 5.89. The summed E-state index contributed by atoms with van der Waals surface area (Å²) >= 11 is 6.88. The van der Waals surface area contributed by atoms with Gasteiger partial charge in [-0.2, -0.15) is 0 Å². The van der Waals surface area contributed by atoms with E-state index in [2.05, 4.69) is 25.7 Å². The molecular weight excluding hydrogens is 464 g/mol. The van der Waals surface area contributed by atoms with Crippen molar-refractivity contribution in [3.63, 3.8) is 0 Å². The van der Waals surface area contributed by atoms with Gasteiger partial charge in [0.25, 0.3) is 11.8 Å². The van der Waals surface area contributed by atoms with Crippen LogP contribution in [0.1, 0.15) is 45.3 Å². The summed E-state index contributed by atoms with van der Waals surface area (Å²) < 4.78 is 0. The molecule has 0 spiro atoms. The molecule has 1 atom stereocenters. The van der Waals surface area contributed by atoms with E-state index in [4.69, 9.17) is 11.6 Å². The Balaban J connectivity index is 1.29. The largest absolute Gasteiger partial charge is 0.355 e. The standard InChI is InChI=1S/C22H27ClN6O3S/c23-16-6-3-7-17(13-16)25-19(31)20-26-27-21(33-20)22(32)29-11-4-5-15(14-29)18(30)24-8-12-28-9-1-2-10-28/h3,6-7,13,15H,1-2,4-5,8-12,14H2,(H,24,30)(H,25,31). The smallest absolute Gasteiger partial charge is 0.286 e. The van der Waals surface area contributed by atoms with Crippen molar-refractivity contribution in [2.75, 3.05) is 44.6 Å². The number of piperidine rings is 1. The number of anilines is 1. The van der Waals surface area contributed by atoms with Gasteiger partial charge in [-0.15, -0.1) is 10.2 Å². The Morgan fingerprint density at radius 2 is 1.88 bits per heavy atom. The predicted molar refractivity (Wildman–Crippen MR) is 127 cm³/mol. The normalized spacial score (nSPS) is 18.8. The van der Waals surface area contributed by atoms with Crippen LogP contribution in [0.3, 0.4) is 0 Å². The first-order valence-corrected chi connectivity index (χ1v) is 12.4. The lowest BCUT2D eigenvalue weighted by Crippen LogP contribution is -2.46. The molecule has 1 aromatic carbocycles. The summed E-state index contributed by atoms with van der Waals surface area (Å²) in [6, 6.07) is 6.76. The lowest BCUT2D eigenvalue weighted by Gasteiger charge is -2.31. The molecule has 11 heteroatoms. The third-order valence-corrected chi connectivity index (χ3v) is 7.04. The van der Waals surface area contributed by atoms with Crippen LogP contribution >= 0.6 is 22.9 Å². The third kappa shape index (κ3) is 6.27. The minimum Gasteiger partial charge on any atom is -0.355 e. The number of aromatic nitrogens is 2. The van der Waals surface area contributed by atoms with Gasteiger partial charge in [-0.25, -0.2) is 0 Å². The summed E-state index contributed by atoms with van der Waals surface area (Å²) in [5.41, 5.74) is 0.533. The van der Waals surface area contributed by atoms with E-state index >= 15 is 0 Å². The number of hydrogen-bond acceptors (Lipinski definition) is 7. The van der Waals surface area contributed by atoms with Crippen molar-refractivity contribution >= 4 is 46.3 Å². The monoisotopic (exact) mass is 490 g/mol. The Bertz CT molecular complexity index is 1010. The number of benzene rings is 1. The molecule has 2 aromatic rings. The highest BCUT2D eigenvalue weighted by atomic mass is 35.5. The number of rotatable bonds is 7. The van der Waals surface area contributed by atoms with Crippen LogP contribution < -0.4 is 10.6 Å².